The van der Waals surface area contributed by atoms with Crippen molar-refractivity contribution >= 4 is 12.2 Å². The van der Waals surface area contributed by atoms with Crippen LogP contribution in [0.3, 0.4) is 0 Å². The Morgan fingerprint density at radius 1 is 0.622 bits per heavy atom. The van der Waals surface area contributed by atoms with E-state index in [1.54, 1.807) is 5.56 Å². The molecule has 0 aromatic heterocycles. The summed E-state index contributed by atoms with van der Waals surface area (Å²) in [5.74, 6) is 4.09. The molecule has 4 fully saturated rings. The second kappa shape index (κ2) is 13.8. The smallest absolute Gasteiger partial charge is 0.0130 e. The van der Waals surface area contributed by atoms with Crippen molar-refractivity contribution in [3.63, 3.8) is 0 Å². The maximum atomic E-state index is 2.92. The van der Waals surface area contributed by atoms with Crippen LogP contribution in [-0.2, 0) is 0 Å². The van der Waals surface area contributed by atoms with Gasteiger partial charge in [0.1, 0.15) is 0 Å². The molecule has 3 aromatic rings. The third-order valence-electron chi connectivity index (χ3n) is 12.4. The van der Waals surface area contributed by atoms with Gasteiger partial charge >= 0.3 is 0 Å². The Kier molecular flexibility index (Phi) is 9.45. The fraction of sp³-hybridized carbons (Fsp3) is 0.500. The summed E-state index contributed by atoms with van der Waals surface area (Å²) in [4.78, 5) is 2.92. The average molecular weight is 598 g/mol. The summed E-state index contributed by atoms with van der Waals surface area (Å²) in [6.07, 6.45) is 25.1. The van der Waals surface area contributed by atoms with Gasteiger partial charge in [-0.15, -0.1) is 0 Å². The van der Waals surface area contributed by atoms with E-state index in [1.165, 1.54) is 111 Å². The Bertz CT molecular complexity index is 1480. The number of fused-ring (bicyclic) bond motifs is 3. The van der Waals surface area contributed by atoms with E-state index in [4.69, 9.17) is 0 Å². The number of allylic oxidation sites excluding steroid dienone is 2. The molecule has 0 radical (unpaired) electrons. The second-order valence-electron chi connectivity index (χ2n) is 15.0. The first kappa shape index (κ1) is 30.7. The molecule has 4 aliphatic rings. The monoisotopic (exact) mass is 597 g/mol. The molecule has 5 unspecified atom stereocenters. The van der Waals surface area contributed by atoms with E-state index in [2.05, 4.69) is 117 Å². The molecule has 3 aliphatic carbocycles. The average Bonchev–Trinajstić information content (AvgIpc) is 3.41. The van der Waals surface area contributed by atoms with Gasteiger partial charge in [-0.25, -0.2) is 0 Å². The van der Waals surface area contributed by atoms with E-state index >= 15 is 0 Å². The Hall–Kier alpha value is -2.90. The maximum absolute atomic E-state index is 2.92. The fourth-order valence-corrected chi connectivity index (χ4v) is 9.96. The zero-order valence-electron chi connectivity index (χ0n) is 28.1. The third-order valence-corrected chi connectivity index (χ3v) is 12.4. The zero-order valence-corrected chi connectivity index (χ0v) is 28.1. The lowest BCUT2D eigenvalue weighted by Crippen LogP contribution is -2.40. The Labute approximate surface area is 273 Å². The molecule has 1 heterocycles. The second-order valence-corrected chi connectivity index (χ2v) is 15.0. The molecule has 1 saturated heterocycles. The van der Waals surface area contributed by atoms with E-state index in [0.717, 1.165) is 29.8 Å². The van der Waals surface area contributed by atoms with E-state index in [1.807, 2.05) is 0 Å². The predicted molar refractivity (Wildman–Crippen MR) is 193 cm³/mol. The normalized spacial score (nSPS) is 30.5. The standard InChI is InChI=1S/C44H55N/c1-4-45-43-12-8-7-11-40(43)42-30-36(23-28-44(42)45)18-16-34-21-26-38(27-22-34)37-24-19-33(20-25-37)15-17-35-14-13-32(3)41(29-35)39-10-6-5-9-31(39)2/h5-6,9-10,13-18,21-22,26-27,29,33,36-37,40,42-44H,4,7-8,11-12,19-20,23-25,28,30H2,1-3H3/b17-15+,18-16+. The van der Waals surface area contributed by atoms with Gasteiger partial charge in [0.15, 0.2) is 0 Å². The van der Waals surface area contributed by atoms with Gasteiger partial charge in [0.05, 0.1) is 0 Å². The minimum atomic E-state index is 0.690. The van der Waals surface area contributed by atoms with Crippen LogP contribution in [0.25, 0.3) is 23.3 Å². The molecule has 3 saturated carbocycles. The molecule has 0 amide bonds. The van der Waals surface area contributed by atoms with Crippen molar-refractivity contribution in [1.82, 2.24) is 4.90 Å². The molecule has 5 atom stereocenters. The van der Waals surface area contributed by atoms with Gasteiger partial charge in [-0.05, 0) is 153 Å². The number of nitrogens with zero attached hydrogens (tertiary/aromatic N) is 1. The number of hydrogen-bond donors (Lipinski definition) is 0. The van der Waals surface area contributed by atoms with E-state index in [-0.39, 0.29) is 0 Å². The summed E-state index contributed by atoms with van der Waals surface area (Å²) in [6.45, 7) is 8.10. The van der Waals surface area contributed by atoms with Crippen LogP contribution in [-0.4, -0.2) is 23.5 Å². The number of hydrogen-bond acceptors (Lipinski definition) is 1. The summed E-state index contributed by atoms with van der Waals surface area (Å²) < 4.78 is 0. The lowest BCUT2D eigenvalue weighted by molar-refractivity contribution is 0.140. The molecule has 45 heavy (non-hydrogen) atoms. The lowest BCUT2D eigenvalue weighted by atomic mass is 9.70. The van der Waals surface area contributed by atoms with Gasteiger partial charge in [-0.2, -0.15) is 0 Å². The van der Waals surface area contributed by atoms with Gasteiger partial charge in [0, 0.05) is 12.1 Å². The molecule has 0 bridgehead atoms. The summed E-state index contributed by atoms with van der Waals surface area (Å²) >= 11 is 0. The summed E-state index contributed by atoms with van der Waals surface area (Å²) in [5, 5.41) is 0. The highest BCUT2D eigenvalue weighted by molar-refractivity contribution is 5.73. The van der Waals surface area contributed by atoms with Crippen LogP contribution >= 0.6 is 0 Å². The number of likely N-dealkylation sites (tertiary alicyclic amines) is 1. The Morgan fingerprint density at radius 3 is 2.09 bits per heavy atom. The Morgan fingerprint density at radius 2 is 1.29 bits per heavy atom. The molecule has 0 N–H and O–H groups in total. The number of aryl methyl sites for hydroxylation is 2. The van der Waals surface area contributed by atoms with Crippen LogP contribution in [0.15, 0.2) is 78.9 Å². The Balaban J connectivity index is 0.915. The highest BCUT2D eigenvalue weighted by Crippen LogP contribution is 2.50. The number of rotatable bonds is 7. The molecule has 1 aliphatic heterocycles. The van der Waals surface area contributed by atoms with Crippen molar-refractivity contribution in [2.24, 2.45) is 23.7 Å². The quantitative estimate of drug-likeness (QED) is 0.262. The van der Waals surface area contributed by atoms with Gasteiger partial charge in [-0.1, -0.05) is 105 Å². The molecule has 1 nitrogen and oxygen atoms in total. The molecule has 7 rings (SSSR count). The van der Waals surface area contributed by atoms with Crippen LogP contribution in [0.4, 0.5) is 0 Å². The molecule has 3 aromatic carbocycles. The fourth-order valence-electron chi connectivity index (χ4n) is 9.96. The minimum Gasteiger partial charge on any atom is -0.297 e. The van der Waals surface area contributed by atoms with Gasteiger partial charge < -0.3 is 0 Å². The molecule has 236 valence electrons. The van der Waals surface area contributed by atoms with Crippen LogP contribution in [0, 0.1) is 37.5 Å². The summed E-state index contributed by atoms with van der Waals surface area (Å²) in [6, 6.07) is 27.1. The molecular formula is C44H55N. The van der Waals surface area contributed by atoms with Crippen molar-refractivity contribution in [2.45, 2.75) is 109 Å². The molecular weight excluding hydrogens is 542 g/mol. The highest BCUT2D eigenvalue weighted by Gasteiger charge is 2.50. The highest BCUT2D eigenvalue weighted by atomic mass is 15.2. The van der Waals surface area contributed by atoms with Gasteiger partial charge in [-0.3, -0.25) is 4.90 Å². The minimum absolute atomic E-state index is 0.690. The van der Waals surface area contributed by atoms with Crippen molar-refractivity contribution in [2.75, 3.05) is 6.54 Å². The first-order valence-electron chi connectivity index (χ1n) is 18.5. The van der Waals surface area contributed by atoms with Crippen molar-refractivity contribution in [3.05, 3.63) is 107 Å². The maximum Gasteiger partial charge on any atom is 0.0130 e. The van der Waals surface area contributed by atoms with Crippen LogP contribution < -0.4 is 0 Å². The van der Waals surface area contributed by atoms with E-state index in [0.29, 0.717) is 11.8 Å². The largest absolute Gasteiger partial charge is 0.297 e. The van der Waals surface area contributed by atoms with E-state index in [9.17, 15) is 0 Å². The first-order valence-corrected chi connectivity index (χ1v) is 18.5. The number of benzene rings is 3. The van der Waals surface area contributed by atoms with Crippen molar-refractivity contribution in [1.29, 1.82) is 0 Å². The van der Waals surface area contributed by atoms with Gasteiger partial charge in [0.2, 0.25) is 0 Å². The first-order chi connectivity index (χ1) is 22.1. The SMILES string of the molecule is CCN1C2CCCCC2C2CC(/C=C/c3ccc(C4CCC(/C=C/c5ccc(C)c(-c6ccccc6C)c5)CC4)cc3)CCC21. The van der Waals surface area contributed by atoms with Crippen molar-refractivity contribution < 1.29 is 0 Å². The molecule has 1 heteroatoms. The van der Waals surface area contributed by atoms with Crippen LogP contribution in [0.2, 0.25) is 0 Å². The third kappa shape index (κ3) is 6.66. The predicted octanol–water partition coefficient (Wildman–Crippen LogP) is 11.7. The van der Waals surface area contributed by atoms with E-state index < -0.39 is 0 Å². The van der Waals surface area contributed by atoms with Crippen LogP contribution in [0.5, 0.6) is 0 Å². The van der Waals surface area contributed by atoms with Crippen LogP contribution in [0.1, 0.15) is 111 Å². The van der Waals surface area contributed by atoms with Crippen molar-refractivity contribution in [3.8, 4) is 11.1 Å². The summed E-state index contributed by atoms with van der Waals surface area (Å²) in [7, 11) is 0. The zero-order chi connectivity index (χ0) is 30.8. The summed E-state index contributed by atoms with van der Waals surface area (Å²) in [5.41, 5.74) is 9.66. The lowest BCUT2D eigenvalue weighted by Gasteiger charge is -2.35. The topological polar surface area (TPSA) is 3.24 Å². The van der Waals surface area contributed by atoms with Gasteiger partial charge in [0.25, 0.3) is 0 Å². The molecule has 0 spiro atoms.